The fraction of sp³-hybridized carbons (Fsp3) is 0.700. The summed E-state index contributed by atoms with van der Waals surface area (Å²) in [5.74, 6) is 0.579. The Balaban J connectivity index is 2.75. The van der Waals surface area contributed by atoms with E-state index in [2.05, 4.69) is 37.3 Å². The molecular weight excluding hydrogens is 162 g/mol. The number of nitrogens with zero attached hydrogens (tertiary/aromatic N) is 2. The van der Waals surface area contributed by atoms with Crippen molar-refractivity contribution in [3.8, 4) is 0 Å². The van der Waals surface area contributed by atoms with E-state index in [-0.39, 0.29) is 0 Å². The molecule has 1 atom stereocenters. The van der Waals surface area contributed by atoms with E-state index in [4.69, 9.17) is 0 Å². The number of rotatable bonds is 4. The first-order valence-electron chi connectivity index (χ1n) is 4.86. The SMILES string of the molecule is CCNC(c1cn(C)cn1)C(C)C. The number of aryl methyl sites for hydroxylation is 1. The minimum Gasteiger partial charge on any atom is -0.340 e. The zero-order chi connectivity index (χ0) is 9.84. The van der Waals surface area contributed by atoms with Gasteiger partial charge in [-0.05, 0) is 12.5 Å². The van der Waals surface area contributed by atoms with E-state index >= 15 is 0 Å². The van der Waals surface area contributed by atoms with Crippen LogP contribution in [0, 0.1) is 5.92 Å². The van der Waals surface area contributed by atoms with Gasteiger partial charge in [0.05, 0.1) is 18.1 Å². The number of hydrogen-bond acceptors (Lipinski definition) is 2. The lowest BCUT2D eigenvalue weighted by atomic mass is 10.0. The molecule has 0 fully saturated rings. The number of aromatic nitrogens is 2. The maximum absolute atomic E-state index is 4.36. The molecule has 0 saturated carbocycles. The largest absolute Gasteiger partial charge is 0.340 e. The smallest absolute Gasteiger partial charge is 0.0947 e. The fourth-order valence-corrected chi connectivity index (χ4v) is 1.50. The molecule has 1 heterocycles. The van der Waals surface area contributed by atoms with Crippen LogP contribution in [-0.4, -0.2) is 16.1 Å². The van der Waals surface area contributed by atoms with E-state index < -0.39 is 0 Å². The van der Waals surface area contributed by atoms with Crippen molar-refractivity contribution in [3.05, 3.63) is 18.2 Å². The first-order valence-corrected chi connectivity index (χ1v) is 4.86. The zero-order valence-corrected chi connectivity index (χ0v) is 8.91. The molecule has 0 aromatic carbocycles. The van der Waals surface area contributed by atoms with Crippen LogP contribution in [0.3, 0.4) is 0 Å². The first-order chi connectivity index (χ1) is 6.15. The summed E-state index contributed by atoms with van der Waals surface area (Å²) in [6, 6.07) is 0.381. The summed E-state index contributed by atoms with van der Waals surface area (Å²) in [6.45, 7) is 7.53. The average molecular weight is 181 g/mol. The summed E-state index contributed by atoms with van der Waals surface area (Å²) >= 11 is 0. The molecule has 0 aliphatic rings. The van der Waals surface area contributed by atoms with Crippen LogP contribution in [0.15, 0.2) is 12.5 Å². The Bertz CT molecular complexity index is 252. The van der Waals surface area contributed by atoms with E-state index in [0.29, 0.717) is 12.0 Å². The molecular formula is C10H19N3. The lowest BCUT2D eigenvalue weighted by Gasteiger charge is -2.19. The molecule has 0 amide bonds. The maximum atomic E-state index is 4.36. The molecule has 1 unspecified atom stereocenters. The van der Waals surface area contributed by atoms with Crippen molar-refractivity contribution in [2.45, 2.75) is 26.8 Å². The van der Waals surface area contributed by atoms with Gasteiger partial charge in [0.2, 0.25) is 0 Å². The third-order valence-electron chi connectivity index (χ3n) is 2.13. The molecule has 13 heavy (non-hydrogen) atoms. The van der Waals surface area contributed by atoms with Gasteiger partial charge in [-0.2, -0.15) is 0 Å². The lowest BCUT2D eigenvalue weighted by Crippen LogP contribution is -2.25. The summed E-state index contributed by atoms with van der Waals surface area (Å²) in [5, 5.41) is 3.44. The van der Waals surface area contributed by atoms with Gasteiger partial charge in [-0.25, -0.2) is 4.98 Å². The molecule has 0 radical (unpaired) electrons. The van der Waals surface area contributed by atoms with Crippen LogP contribution in [0.5, 0.6) is 0 Å². The van der Waals surface area contributed by atoms with Crippen molar-refractivity contribution < 1.29 is 0 Å². The molecule has 0 aliphatic heterocycles. The van der Waals surface area contributed by atoms with E-state index in [1.165, 1.54) is 0 Å². The van der Waals surface area contributed by atoms with Crippen molar-refractivity contribution >= 4 is 0 Å². The quantitative estimate of drug-likeness (QED) is 0.766. The topological polar surface area (TPSA) is 29.9 Å². The Morgan fingerprint density at radius 3 is 2.62 bits per heavy atom. The van der Waals surface area contributed by atoms with Crippen molar-refractivity contribution in [1.29, 1.82) is 0 Å². The van der Waals surface area contributed by atoms with E-state index in [9.17, 15) is 0 Å². The van der Waals surface area contributed by atoms with E-state index in [1.807, 2.05) is 17.9 Å². The van der Waals surface area contributed by atoms with Crippen LogP contribution in [-0.2, 0) is 7.05 Å². The van der Waals surface area contributed by atoms with Crippen LogP contribution in [0.2, 0.25) is 0 Å². The van der Waals surface area contributed by atoms with Crippen LogP contribution in [0.25, 0.3) is 0 Å². The van der Waals surface area contributed by atoms with Gasteiger partial charge in [0, 0.05) is 13.2 Å². The van der Waals surface area contributed by atoms with Gasteiger partial charge in [0.25, 0.3) is 0 Å². The second kappa shape index (κ2) is 4.42. The third-order valence-corrected chi connectivity index (χ3v) is 2.13. The summed E-state index contributed by atoms with van der Waals surface area (Å²) in [4.78, 5) is 4.36. The molecule has 74 valence electrons. The Morgan fingerprint density at radius 1 is 1.54 bits per heavy atom. The standard InChI is InChI=1S/C10H19N3/c1-5-11-10(8(2)3)9-6-13(4)7-12-9/h6-8,10-11H,5H2,1-4H3. The zero-order valence-electron chi connectivity index (χ0n) is 8.91. The minimum atomic E-state index is 0.381. The molecule has 3 heteroatoms. The number of nitrogens with one attached hydrogen (secondary N) is 1. The molecule has 0 saturated heterocycles. The van der Waals surface area contributed by atoms with Crippen molar-refractivity contribution in [2.75, 3.05) is 6.54 Å². The second-order valence-electron chi connectivity index (χ2n) is 3.74. The van der Waals surface area contributed by atoms with Crippen molar-refractivity contribution in [3.63, 3.8) is 0 Å². The van der Waals surface area contributed by atoms with Gasteiger partial charge in [-0.15, -0.1) is 0 Å². The molecule has 0 bridgehead atoms. The summed E-state index contributed by atoms with van der Waals surface area (Å²) in [5.41, 5.74) is 1.14. The summed E-state index contributed by atoms with van der Waals surface area (Å²) in [7, 11) is 2.00. The second-order valence-corrected chi connectivity index (χ2v) is 3.74. The molecule has 3 nitrogen and oxygen atoms in total. The Kier molecular flexibility index (Phi) is 3.48. The summed E-state index contributed by atoms with van der Waals surface area (Å²) in [6.07, 6.45) is 3.93. The lowest BCUT2D eigenvalue weighted by molar-refractivity contribution is 0.414. The van der Waals surface area contributed by atoms with Crippen molar-refractivity contribution in [2.24, 2.45) is 13.0 Å². The minimum absolute atomic E-state index is 0.381. The highest BCUT2D eigenvalue weighted by Crippen LogP contribution is 2.18. The predicted octanol–water partition coefficient (Wildman–Crippen LogP) is 1.73. The first kappa shape index (κ1) is 10.3. The highest BCUT2D eigenvalue weighted by atomic mass is 15.0. The summed E-state index contributed by atoms with van der Waals surface area (Å²) < 4.78 is 1.99. The van der Waals surface area contributed by atoms with E-state index in [1.54, 1.807) is 0 Å². The Morgan fingerprint density at radius 2 is 2.23 bits per heavy atom. The molecule has 1 aromatic heterocycles. The number of hydrogen-bond donors (Lipinski definition) is 1. The Hall–Kier alpha value is -0.830. The molecule has 0 spiro atoms. The van der Waals surface area contributed by atoms with Gasteiger partial charge < -0.3 is 9.88 Å². The van der Waals surface area contributed by atoms with Gasteiger partial charge in [-0.1, -0.05) is 20.8 Å². The molecule has 1 N–H and O–H groups in total. The van der Waals surface area contributed by atoms with Gasteiger partial charge in [0.15, 0.2) is 0 Å². The van der Waals surface area contributed by atoms with Crippen molar-refractivity contribution in [1.82, 2.24) is 14.9 Å². The van der Waals surface area contributed by atoms with Gasteiger partial charge in [0.1, 0.15) is 0 Å². The van der Waals surface area contributed by atoms with Gasteiger partial charge >= 0.3 is 0 Å². The van der Waals surface area contributed by atoms with Gasteiger partial charge in [-0.3, -0.25) is 0 Å². The highest BCUT2D eigenvalue weighted by Gasteiger charge is 2.16. The van der Waals surface area contributed by atoms with E-state index in [0.717, 1.165) is 12.2 Å². The molecule has 1 rings (SSSR count). The predicted molar refractivity (Wildman–Crippen MR) is 54.5 cm³/mol. The van der Waals surface area contributed by atoms with Crippen LogP contribution < -0.4 is 5.32 Å². The molecule has 1 aromatic rings. The molecule has 0 aliphatic carbocycles. The number of imidazole rings is 1. The highest BCUT2D eigenvalue weighted by molar-refractivity contribution is 5.04. The monoisotopic (exact) mass is 181 g/mol. The third kappa shape index (κ3) is 2.56. The van der Waals surface area contributed by atoms with Crippen LogP contribution in [0.1, 0.15) is 32.5 Å². The van der Waals surface area contributed by atoms with Crippen LogP contribution in [0.4, 0.5) is 0 Å². The fourth-order valence-electron chi connectivity index (χ4n) is 1.50. The Labute approximate surface area is 80.2 Å². The maximum Gasteiger partial charge on any atom is 0.0947 e. The normalized spacial score (nSPS) is 13.6. The van der Waals surface area contributed by atoms with Crippen LogP contribution >= 0.6 is 0 Å². The average Bonchev–Trinajstić information content (AvgIpc) is 2.46.